The summed E-state index contributed by atoms with van der Waals surface area (Å²) >= 11 is 1.00. The number of rotatable bonds is 2. The summed E-state index contributed by atoms with van der Waals surface area (Å²) in [5.41, 5.74) is 0.539. The van der Waals surface area contributed by atoms with Crippen molar-refractivity contribution in [2.45, 2.75) is 18.6 Å². The second-order valence-electron chi connectivity index (χ2n) is 2.77. The van der Waals surface area contributed by atoms with Gasteiger partial charge < -0.3 is 9.53 Å². The Bertz CT molecular complexity index is 269. The van der Waals surface area contributed by atoms with Crippen molar-refractivity contribution in [3.63, 3.8) is 0 Å². The minimum Gasteiger partial charge on any atom is -0.499 e. The molecule has 0 spiro atoms. The van der Waals surface area contributed by atoms with Crippen molar-refractivity contribution in [3.8, 4) is 0 Å². The Hall–Kier alpha value is -0.770. The van der Waals surface area contributed by atoms with Gasteiger partial charge in [0.15, 0.2) is 0 Å². The molecule has 0 aliphatic carbocycles. The van der Waals surface area contributed by atoms with Crippen molar-refractivity contribution < 1.29 is 14.3 Å². The highest BCUT2D eigenvalue weighted by molar-refractivity contribution is 8.16. The Morgan fingerprint density at radius 1 is 1.58 bits per heavy atom. The fourth-order valence-corrected chi connectivity index (χ4v) is 2.22. The van der Waals surface area contributed by atoms with Crippen LogP contribution in [-0.4, -0.2) is 23.3 Å². The van der Waals surface area contributed by atoms with Crippen LogP contribution in [0.2, 0.25) is 0 Å². The Kier molecular flexibility index (Phi) is 2.28. The molecular formula is C8H10O3S. The van der Waals surface area contributed by atoms with Crippen LogP contribution in [0, 0.1) is 0 Å². The van der Waals surface area contributed by atoms with E-state index in [1.165, 1.54) is 7.11 Å². The van der Waals surface area contributed by atoms with E-state index in [1.54, 1.807) is 13.8 Å². The lowest BCUT2D eigenvalue weighted by molar-refractivity contribution is -0.110. The van der Waals surface area contributed by atoms with Crippen molar-refractivity contribution in [1.29, 1.82) is 0 Å². The van der Waals surface area contributed by atoms with Crippen LogP contribution in [0.5, 0.6) is 0 Å². The molecule has 0 aromatic rings. The van der Waals surface area contributed by atoms with Gasteiger partial charge in [0.1, 0.15) is 16.8 Å². The number of aldehydes is 1. The van der Waals surface area contributed by atoms with Gasteiger partial charge in [0.25, 0.3) is 0 Å². The quantitative estimate of drug-likeness (QED) is 0.606. The number of methoxy groups -OCH3 is 1. The molecular weight excluding hydrogens is 176 g/mol. The van der Waals surface area contributed by atoms with Crippen molar-refractivity contribution in [1.82, 2.24) is 0 Å². The molecule has 0 amide bonds. The van der Waals surface area contributed by atoms with Crippen LogP contribution in [-0.2, 0) is 14.3 Å². The van der Waals surface area contributed by atoms with Crippen LogP contribution in [0.15, 0.2) is 11.3 Å². The molecule has 1 unspecified atom stereocenters. The lowest BCUT2D eigenvalue weighted by Gasteiger charge is -2.16. The molecule has 66 valence electrons. The van der Waals surface area contributed by atoms with Crippen molar-refractivity contribution >= 4 is 23.2 Å². The molecule has 0 fully saturated rings. The number of thioether (sulfide) groups is 1. The summed E-state index contributed by atoms with van der Waals surface area (Å²) in [6, 6.07) is 0. The summed E-state index contributed by atoms with van der Waals surface area (Å²) < 4.78 is 4.20. The van der Waals surface area contributed by atoms with Gasteiger partial charge in [-0.2, -0.15) is 0 Å². The predicted molar refractivity (Wildman–Crippen MR) is 46.8 cm³/mol. The van der Waals surface area contributed by atoms with Crippen molar-refractivity contribution in [3.05, 3.63) is 11.3 Å². The number of hydrogen-bond donors (Lipinski definition) is 0. The number of hydrogen-bond acceptors (Lipinski definition) is 4. The molecule has 12 heavy (non-hydrogen) atoms. The third kappa shape index (κ3) is 1.16. The molecule has 0 aromatic carbocycles. The Morgan fingerprint density at radius 2 is 2.17 bits per heavy atom. The average Bonchev–Trinajstić information content (AvgIpc) is 2.25. The molecule has 0 bridgehead atoms. The largest absolute Gasteiger partial charge is 0.499 e. The second kappa shape index (κ2) is 2.94. The van der Waals surface area contributed by atoms with E-state index in [0.29, 0.717) is 11.3 Å². The van der Waals surface area contributed by atoms with Crippen molar-refractivity contribution in [2.75, 3.05) is 7.11 Å². The van der Waals surface area contributed by atoms with Crippen LogP contribution >= 0.6 is 11.8 Å². The summed E-state index contributed by atoms with van der Waals surface area (Å²) in [5.74, 6) is 0.479. The minimum absolute atomic E-state index is 0.0820. The molecule has 0 saturated carbocycles. The van der Waals surface area contributed by atoms with E-state index in [2.05, 4.69) is 0 Å². The van der Waals surface area contributed by atoms with E-state index in [4.69, 9.17) is 4.74 Å². The summed E-state index contributed by atoms with van der Waals surface area (Å²) in [6.45, 7) is 3.35. The fraction of sp³-hybridized carbons (Fsp3) is 0.500. The standard InChI is InChI=1S/C8H10O3S/c1-5-6(11-3)8(2,4-9)12-7(5)10/h4H,1-3H3. The monoisotopic (exact) mass is 186 g/mol. The van der Waals surface area contributed by atoms with Gasteiger partial charge in [-0.05, 0) is 13.8 Å². The molecule has 1 aliphatic heterocycles. The summed E-state index contributed by atoms with van der Waals surface area (Å²) in [5, 5.41) is -0.0820. The van der Waals surface area contributed by atoms with Gasteiger partial charge in [-0.3, -0.25) is 4.79 Å². The summed E-state index contributed by atoms with van der Waals surface area (Å²) in [6.07, 6.45) is 0.741. The van der Waals surface area contributed by atoms with Crippen molar-refractivity contribution in [2.24, 2.45) is 0 Å². The zero-order chi connectivity index (χ0) is 9.35. The Labute approximate surface area is 75.2 Å². The van der Waals surface area contributed by atoms with Crippen LogP contribution in [0.4, 0.5) is 0 Å². The molecule has 3 nitrogen and oxygen atoms in total. The first-order valence-electron chi connectivity index (χ1n) is 3.50. The van der Waals surface area contributed by atoms with Crippen LogP contribution in [0.1, 0.15) is 13.8 Å². The molecule has 1 heterocycles. The maximum Gasteiger partial charge on any atom is 0.219 e. The van der Waals surface area contributed by atoms with Gasteiger partial charge in [0.05, 0.1) is 7.11 Å². The lowest BCUT2D eigenvalue weighted by Crippen LogP contribution is -2.23. The number of carbonyl (C=O) groups is 2. The summed E-state index contributed by atoms with van der Waals surface area (Å²) in [4.78, 5) is 21.9. The lowest BCUT2D eigenvalue weighted by atomic mass is 10.1. The number of ether oxygens (including phenoxy) is 1. The third-order valence-electron chi connectivity index (χ3n) is 1.83. The van der Waals surface area contributed by atoms with Gasteiger partial charge in [-0.15, -0.1) is 0 Å². The normalized spacial score (nSPS) is 29.4. The molecule has 4 heteroatoms. The van der Waals surface area contributed by atoms with E-state index in [1.807, 2.05) is 0 Å². The molecule has 1 rings (SSSR count). The van der Waals surface area contributed by atoms with Crippen LogP contribution in [0.3, 0.4) is 0 Å². The van der Waals surface area contributed by atoms with Gasteiger partial charge in [-0.25, -0.2) is 0 Å². The van der Waals surface area contributed by atoms with E-state index >= 15 is 0 Å². The first-order chi connectivity index (χ1) is 5.55. The zero-order valence-corrected chi connectivity index (χ0v) is 8.03. The van der Waals surface area contributed by atoms with Gasteiger partial charge in [0, 0.05) is 5.57 Å². The highest BCUT2D eigenvalue weighted by Gasteiger charge is 2.42. The second-order valence-corrected chi connectivity index (χ2v) is 4.20. The molecule has 1 aliphatic rings. The highest BCUT2D eigenvalue weighted by Crippen LogP contribution is 2.42. The SMILES string of the molecule is COC1=C(C)C(=O)SC1(C)C=O. The minimum atomic E-state index is -0.810. The molecule has 0 saturated heterocycles. The zero-order valence-electron chi connectivity index (χ0n) is 7.21. The predicted octanol–water partition coefficient (Wildman–Crippen LogP) is 1.14. The Morgan fingerprint density at radius 3 is 2.50 bits per heavy atom. The maximum atomic E-state index is 11.2. The van der Waals surface area contributed by atoms with Crippen LogP contribution < -0.4 is 0 Å². The van der Waals surface area contributed by atoms with Gasteiger partial charge in [-0.1, -0.05) is 11.8 Å². The Balaban J connectivity index is 3.14. The first kappa shape index (κ1) is 9.32. The smallest absolute Gasteiger partial charge is 0.219 e. The number of carbonyl (C=O) groups excluding carboxylic acids is 2. The van der Waals surface area contributed by atoms with Gasteiger partial charge in [0.2, 0.25) is 5.12 Å². The summed E-state index contributed by atoms with van der Waals surface area (Å²) in [7, 11) is 1.47. The maximum absolute atomic E-state index is 11.2. The highest BCUT2D eigenvalue weighted by atomic mass is 32.2. The topological polar surface area (TPSA) is 43.4 Å². The third-order valence-corrected chi connectivity index (χ3v) is 3.03. The molecule has 0 N–H and O–H groups in total. The van der Waals surface area contributed by atoms with E-state index in [9.17, 15) is 9.59 Å². The van der Waals surface area contributed by atoms with E-state index in [-0.39, 0.29) is 5.12 Å². The molecule has 1 atom stereocenters. The van der Waals surface area contributed by atoms with Crippen LogP contribution in [0.25, 0.3) is 0 Å². The molecule has 0 radical (unpaired) electrons. The fourth-order valence-electron chi connectivity index (χ4n) is 1.21. The van der Waals surface area contributed by atoms with E-state index < -0.39 is 4.75 Å². The first-order valence-corrected chi connectivity index (χ1v) is 4.32. The van der Waals surface area contributed by atoms with E-state index in [0.717, 1.165) is 18.0 Å². The molecule has 0 aromatic heterocycles. The van der Waals surface area contributed by atoms with Gasteiger partial charge >= 0.3 is 0 Å². The average molecular weight is 186 g/mol.